The molecule has 1 aliphatic heterocycles. The van der Waals surface area contributed by atoms with E-state index in [0.717, 1.165) is 38.1 Å². The fraction of sp³-hybridized carbons (Fsp3) is 0.500. The molecular weight excluding hydrogens is 318 g/mol. The Bertz CT molecular complexity index is 404. The maximum atomic E-state index is 12.2. The first kappa shape index (κ1) is 13.8. The normalized spacial score (nSPS) is 16.9. The first-order chi connectivity index (χ1) is 8.70. The molecule has 1 saturated heterocycles. The summed E-state index contributed by atoms with van der Waals surface area (Å²) in [7, 11) is 0. The quantitative estimate of drug-likeness (QED) is 0.793. The molecule has 0 spiro atoms. The van der Waals surface area contributed by atoms with Gasteiger partial charge >= 0.3 is 0 Å². The SMILES string of the molecule is O=C(c1ccc(Cl)cn1)N1CCN(CCBr)CC1. The summed E-state index contributed by atoms with van der Waals surface area (Å²) in [4.78, 5) is 20.4. The zero-order valence-corrected chi connectivity index (χ0v) is 12.3. The molecule has 2 rings (SSSR count). The molecule has 0 radical (unpaired) electrons. The third-order valence-corrected chi connectivity index (χ3v) is 3.58. The molecule has 6 heteroatoms. The Morgan fingerprint density at radius 2 is 2.06 bits per heavy atom. The number of piperazine rings is 1. The second-order valence-electron chi connectivity index (χ2n) is 4.18. The maximum Gasteiger partial charge on any atom is 0.272 e. The van der Waals surface area contributed by atoms with E-state index in [9.17, 15) is 4.79 Å². The molecule has 18 heavy (non-hydrogen) atoms. The standard InChI is InChI=1S/C12H15BrClN3O/c13-3-4-16-5-7-17(8-6-16)12(18)11-2-1-10(14)9-15-11/h1-2,9H,3-8H2. The molecule has 0 N–H and O–H groups in total. The van der Waals surface area contributed by atoms with Gasteiger partial charge in [-0.15, -0.1) is 0 Å². The van der Waals surface area contributed by atoms with Crippen LogP contribution in [0.3, 0.4) is 0 Å². The van der Waals surface area contributed by atoms with E-state index < -0.39 is 0 Å². The van der Waals surface area contributed by atoms with E-state index in [0.29, 0.717) is 10.7 Å². The molecule has 1 aromatic rings. The molecule has 0 aliphatic carbocycles. The van der Waals surface area contributed by atoms with Crippen molar-refractivity contribution in [3.8, 4) is 0 Å². The molecule has 0 aromatic carbocycles. The van der Waals surface area contributed by atoms with Crippen molar-refractivity contribution in [2.24, 2.45) is 0 Å². The van der Waals surface area contributed by atoms with Gasteiger partial charge in [-0.25, -0.2) is 4.98 Å². The lowest BCUT2D eigenvalue weighted by atomic mass is 10.2. The molecular formula is C12H15BrClN3O. The minimum Gasteiger partial charge on any atom is -0.335 e. The monoisotopic (exact) mass is 331 g/mol. The number of aromatic nitrogens is 1. The van der Waals surface area contributed by atoms with Crippen LogP contribution in [0.1, 0.15) is 10.5 Å². The van der Waals surface area contributed by atoms with Gasteiger partial charge in [0.05, 0.1) is 5.02 Å². The van der Waals surface area contributed by atoms with Crippen molar-refractivity contribution in [1.29, 1.82) is 0 Å². The largest absolute Gasteiger partial charge is 0.335 e. The highest BCUT2D eigenvalue weighted by molar-refractivity contribution is 9.09. The second-order valence-corrected chi connectivity index (χ2v) is 5.41. The van der Waals surface area contributed by atoms with Crippen LogP contribution in [0.15, 0.2) is 18.3 Å². The summed E-state index contributed by atoms with van der Waals surface area (Å²) in [5, 5.41) is 1.52. The average Bonchev–Trinajstić information content (AvgIpc) is 2.40. The summed E-state index contributed by atoms with van der Waals surface area (Å²) >= 11 is 9.19. The highest BCUT2D eigenvalue weighted by Crippen LogP contribution is 2.10. The van der Waals surface area contributed by atoms with E-state index in [4.69, 9.17) is 11.6 Å². The van der Waals surface area contributed by atoms with Crippen LogP contribution in [0.5, 0.6) is 0 Å². The zero-order chi connectivity index (χ0) is 13.0. The van der Waals surface area contributed by atoms with Gasteiger partial charge in [0, 0.05) is 44.3 Å². The number of carbonyl (C=O) groups excluding carboxylic acids is 1. The lowest BCUT2D eigenvalue weighted by molar-refractivity contribution is 0.0639. The van der Waals surface area contributed by atoms with E-state index in [1.165, 1.54) is 6.20 Å². The van der Waals surface area contributed by atoms with Gasteiger partial charge in [0.2, 0.25) is 0 Å². The van der Waals surface area contributed by atoms with Crippen LogP contribution in [0, 0.1) is 0 Å². The summed E-state index contributed by atoms with van der Waals surface area (Å²) in [6.45, 7) is 4.39. The number of nitrogens with zero attached hydrogens (tertiary/aromatic N) is 3. The van der Waals surface area contributed by atoms with E-state index in [-0.39, 0.29) is 5.91 Å². The maximum absolute atomic E-state index is 12.2. The summed E-state index contributed by atoms with van der Waals surface area (Å²) in [5.74, 6) is -0.00911. The average molecular weight is 333 g/mol. The minimum atomic E-state index is -0.00911. The molecule has 0 atom stereocenters. The molecule has 98 valence electrons. The molecule has 1 aliphatic rings. The first-order valence-corrected chi connectivity index (χ1v) is 7.40. The van der Waals surface area contributed by atoms with E-state index in [2.05, 4.69) is 25.8 Å². The molecule has 0 saturated carbocycles. The number of rotatable bonds is 3. The van der Waals surface area contributed by atoms with Gasteiger partial charge < -0.3 is 4.90 Å². The van der Waals surface area contributed by atoms with Gasteiger partial charge in [-0.2, -0.15) is 0 Å². The predicted octanol–water partition coefficient (Wildman–Crippen LogP) is 1.89. The Hall–Kier alpha value is -0.650. The highest BCUT2D eigenvalue weighted by Gasteiger charge is 2.22. The van der Waals surface area contributed by atoms with Crippen LogP contribution in [0.2, 0.25) is 5.02 Å². The smallest absolute Gasteiger partial charge is 0.272 e. The number of hydrogen-bond acceptors (Lipinski definition) is 3. The van der Waals surface area contributed by atoms with E-state index in [1.807, 2.05) is 4.90 Å². The van der Waals surface area contributed by atoms with E-state index in [1.54, 1.807) is 12.1 Å². The molecule has 4 nitrogen and oxygen atoms in total. The van der Waals surface area contributed by atoms with Gasteiger partial charge in [-0.3, -0.25) is 9.69 Å². The van der Waals surface area contributed by atoms with Crippen molar-refractivity contribution in [2.75, 3.05) is 38.1 Å². The Morgan fingerprint density at radius 1 is 1.33 bits per heavy atom. The predicted molar refractivity (Wildman–Crippen MR) is 75.4 cm³/mol. The van der Waals surface area contributed by atoms with Gasteiger partial charge in [0.25, 0.3) is 5.91 Å². The summed E-state index contributed by atoms with van der Waals surface area (Å²) in [6.07, 6.45) is 1.51. The topological polar surface area (TPSA) is 36.4 Å². The highest BCUT2D eigenvalue weighted by atomic mass is 79.9. The van der Waals surface area contributed by atoms with Crippen molar-refractivity contribution in [3.63, 3.8) is 0 Å². The summed E-state index contributed by atoms with van der Waals surface area (Å²) in [5.41, 5.74) is 0.466. The van der Waals surface area contributed by atoms with Crippen LogP contribution >= 0.6 is 27.5 Å². The molecule has 2 heterocycles. The van der Waals surface area contributed by atoms with E-state index >= 15 is 0 Å². The van der Waals surface area contributed by atoms with Gasteiger partial charge in [-0.1, -0.05) is 27.5 Å². The van der Waals surface area contributed by atoms with Gasteiger partial charge in [0.1, 0.15) is 5.69 Å². The number of pyridine rings is 1. The lowest BCUT2D eigenvalue weighted by Crippen LogP contribution is -2.49. The third kappa shape index (κ3) is 3.43. The number of halogens is 2. The van der Waals surface area contributed by atoms with Crippen molar-refractivity contribution in [1.82, 2.24) is 14.8 Å². The Kier molecular flexibility index (Phi) is 4.97. The first-order valence-electron chi connectivity index (χ1n) is 5.90. The molecule has 0 unspecified atom stereocenters. The van der Waals surface area contributed by atoms with Crippen LogP contribution in [0.4, 0.5) is 0 Å². The minimum absolute atomic E-state index is 0.00911. The van der Waals surface area contributed by atoms with Crippen LogP contribution in [0.25, 0.3) is 0 Å². The lowest BCUT2D eigenvalue weighted by Gasteiger charge is -2.34. The van der Waals surface area contributed by atoms with Crippen molar-refractivity contribution in [3.05, 3.63) is 29.0 Å². The molecule has 1 amide bonds. The summed E-state index contributed by atoms with van der Waals surface area (Å²) < 4.78 is 0. The van der Waals surface area contributed by atoms with Crippen molar-refractivity contribution in [2.45, 2.75) is 0 Å². The van der Waals surface area contributed by atoms with Crippen LogP contribution in [-0.4, -0.2) is 58.7 Å². The van der Waals surface area contributed by atoms with Crippen LogP contribution < -0.4 is 0 Å². The number of hydrogen-bond donors (Lipinski definition) is 0. The molecule has 0 bridgehead atoms. The van der Waals surface area contributed by atoms with Gasteiger partial charge in [0.15, 0.2) is 0 Å². The Balaban J connectivity index is 1.93. The molecule has 1 fully saturated rings. The fourth-order valence-corrected chi connectivity index (χ4v) is 2.57. The fourth-order valence-electron chi connectivity index (χ4n) is 1.96. The third-order valence-electron chi connectivity index (χ3n) is 3.01. The van der Waals surface area contributed by atoms with Gasteiger partial charge in [-0.05, 0) is 12.1 Å². The molecule has 1 aromatic heterocycles. The number of carbonyl (C=O) groups is 1. The second kappa shape index (κ2) is 6.50. The summed E-state index contributed by atoms with van der Waals surface area (Å²) in [6, 6.07) is 3.37. The van der Waals surface area contributed by atoms with Crippen molar-refractivity contribution < 1.29 is 4.79 Å². The number of alkyl halides is 1. The zero-order valence-electron chi connectivity index (χ0n) is 9.98. The Labute approximate surface area is 120 Å². The number of amides is 1. The van der Waals surface area contributed by atoms with Crippen LogP contribution in [-0.2, 0) is 0 Å². The van der Waals surface area contributed by atoms with Crippen molar-refractivity contribution >= 4 is 33.4 Å². The Morgan fingerprint density at radius 3 is 2.61 bits per heavy atom.